The van der Waals surface area contributed by atoms with Gasteiger partial charge in [0.05, 0.1) is 28.7 Å². The van der Waals surface area contributed by atoms with E-state index >= 15 is 0 Å². The summed E-state index contributed by atoms with van der Waals surface area (Å²) in [6.07, 6.45) is 3.50. The van der Waals surface area contributed by atoms with Crippen LogP contribution in [0, 0.1) is 5.82 Å². The van der Waals surface area contributed by atoms with Gasteiger partial charge in [-0.05, 0) is 35.9 Å². The van der Waals surface area contributed by atoms with Crippen molar-refractivity contribution < 1.29 is 14.0 Å². The number of anilines is 1. The normalized spacial score (nSPS) is 10.9. The summed E-state index contributed by atoms with van der Waals surface area (Å²) in [6, 6.07) is 17.3. The van der Waals surface area contributed by atoms with E-state index in [0.29, 0.717) is 17.4 Å². The topological polar surface area (TPSA) is 102 Å². The Bertz CT molecular complexity index is 1510. The maximum atomic E-state index is 13.8. The Balaban J connectivity index is 1.15. The van der Waals surface area contributed by atoms with Crippen LogP contribution in [0.4, 0.5) is 9.52 Å². The van der Waals surface area contributed by atoms with E-state index in [0.717, 1.165) is 22.4 Å². The lowest BCUT2D eigenvalue weighted by molar-refractivity contribution is -0.120. The molecule has 174 valence electrons. The molecule has 0 bridgehead atoms. The van der Waals surface area contributed by atoms with Crippen LogP contribution >= 0.6 is 11.3 Å². The van der Waals surface area contributed by atoms with Gasteiger partial charge in [0, 0.05) is 18.1 Å². The van der Waals surface area contributed by atoms with Crippen LogP contribution in [-0.4, -0.2) is 31.3 Å². The number of halogens is 1. The minimum absolute atomic E-state index is 0.0542. The zero-order chi connectivity index (χ0) is 24.2. The highest BCUT2D eigenvalue weighted by atomic mass is 32.1. The predicted octanol–water partition coefficient (Wildman–Crippen LogP) is 4.13. The fraction of sp³-hybridized carbons (Fsp3) is 0.0800. The number of nitrogens with zero attached hydrogens (tertiary/aromatic N) is 4. The number of carbonyl (C=O) groups is 2. The summed E-state index contributed by atoms with van der Waals surface area (Å²) in [5.74, 6) is -0.677. The van der Waals surface area contributed by atoms with Gasteiger partial charge in [0.15, 0.2) is 5.13 Å². The molecule has 2 N–H and O–H groups in total. The largest absolute Gasteiger partial charge is 0.352 e. The Morgan fingerprint density at radius 3 is 2.66 bits per heavy atom. The van der Waals surface area contributed by atoms with E-state index in [4.69, 9.17) is 0 Å². The lowest BCUT2D eigenvalue weighted by Crippen LogP contribution is -2.24. The van der Waals surface area contributed by atoms with Gasteiger partial charge in [0.2, 0.25) is 5.91 Å². The smallest absolute Gasteiger partial charge is 0.260 e. The van der Waals surface area contributed by atoms with Gasteiger partial charge in [-0.2, -0.15) is 0 Å². The van der Waals surface area contributed by atoms with Crippen molar-refractivity contribution in [2.24, 2.45) is 0 Å². The first-order chi connectivity index (χ1) is 17.1. The second kappa shape index (κ2) is 9.82. The molecule has 0 aliphatic rings. The van der Waals surface area contributed by atoms with Gasteiger partial charge < -0.3 is 5.32 Å². The zero-order valence-corrected chi connectivity index (χ0v) is 19.1. The minimum Gasteiger partial charge on any atom is -0.352 e. The number of hydrogen-bond donors (Lipinski definition) is 2. The van der Waals surface area contributed by atoms with Crippen molar-refractivity contribution in [3.8, 4) is 5.82 Å². The third-order valence-electron chi connectivity index (χ3n) is 5.23. The number of fused-ring (bicyclic) bond motifs is 1. The number of rotatable bonds is 7. The molecule has 0 saturated carbocycles. The summed E-state index contributed by atoms with van der Waals surface area (Å²) >= 11 is 1.17. The molecule has 2 aromatic carbocycles. The van der Waals surface area contributed by atoms with Gasteiger partial charge >= 0.3 is 0 Å². The van der Waals surface area contributed by atoms with Crippen molar-refractivity contribution in [2.45, 2.75) is 13.0 Å². The fourth-order valence-corrected chi connectivity index (χ4v) is 4.19. The summed E-state index contributed by atoms with van der Waals surface area (Å²) in [6.45, 7) is 0.317. The second-order valence-electron chi connectivity index (χ2n) is 7.66. The molecule has 8 nitrogen and oxygen atoms in total. The molecule has 0 aliphatic carbocycles. The molecule has 0 atom stereocenters. The molecule has 3 heterocycles. The number of aromatic nitrogens is 4. The van der Waals surface area contributed by atoms with Crippen LogP contribution in [0.25, 0.3) is 16.9 Å². The molecule has 0 aliphatic heterocycles. The van der Waals surface area contributed by atoms with Crippen molar-refractivity contribution >= 4 is 39.3 Å². The number of nitrogens with one attached hydrogen (secondary N) is 2. The fourth-order valence-electron chi connectivity index (χ4n) is 3.49. The van der Waals surface area contributed by atoms with Crippen LogP contribution < -0.4 is 10.6 Å². The molecule has 35 heavy (non-hydrogen) atoms. The Hall–Kier alpha value is -4.44. The van der Waals surface area contributed by atoms with E-state index in [1.807, 2.05) is 41.0 Å². The van der Waals surface area contributed by atoms with E-state index in [2.05, 4.69) is 25.6 Å². The Kier molecular flexibility index (Phi) is 6.27. The monoisotopic (exact) mass is 486 g/mol. The lowest BCUT2D eigenvalue weighted by atomic mass is 10.2. The molecular weight excluding hydrogens is 467 g/mol. The summed E-state index contributed by atoms with van der Waals surface area (Å²) in [5, 5.41) is 7.39. The van der Waals surface area contributed by atoms with Crippen molar-refractivity contribution in [3.05, 3.63) is 101 Å². The first-order valence-electron chi connectivity index (χ1n) is 10.7. The highest BCUT2D eigenvalue weighted by Gasteiger charge is 2.14. The number of carbonyl (C=O) groups excluding carboxylic acids is 2. The van der Waals surface area contributed by atoms with Gasteiger partial charge in [0.25, 0.3) is 5.91 Å². The SMILES string of the molecule is O=C(Cc1csc(NC(=O)c2ccccc2F)n1)NCc1ccc(-n2cnc3ccccc32)nc1. The van der Waals surface area contributed by atoms with Gasteiger partial charge in [-0.3, -0.25) is 19.5 Å². The number of thiazole rings is 1. The summed E-state index contributed by atoms with van der Waals surface area (Å²) in [7, 11) is 0. The summed E-state index contributed by atoms with van der Waals surface area (Å²) < 4.78 is 15.7. The average molecular weight is 487 g/mol. The molecule has 0 saturated heterocycles. The van der Waals surface area contributed by atoms with Crippen LogP contribution in [0.2, 0.25) is 0 Å². The molecular formula is C25H19FN6O2S. The standard InChI is InChI=1S/C25H19FN6O2S/c26-19-6-2-1-5-18(19)24(34)31-25-30-17(14-35-25)11-23(33)28-13-16-9-10-22(27-12-16)32-15-29-20-7-3-4-8-21(20)32/h1-10,12,14-15H,11,13H2,(H,28,33)(H,30,31,34). The van der Waals surface area contributed by atoms with Crippen molar-refractivity contribution in [1.29, 1.82) is 0 Å². The Morgan fingerprint density at radius 1 is 1.00 bits per heavy atom. The molecule has 5 aromatic rings. The van der Waals surface area contributed by atoms with Crippen LogP contribution in [0.15, 0.2) is 78.6 Å². The summed E-state index contributed by atoms with van der Waals surface area (Å²) in [5.41, 5.74) is 3.15. The number of hydrogen-bond acceptors (Lipinski definition) is 6. The highest BCUT2D eigenvalue weighted by Crippen LogP contribution is 2.18. The Labute approximate surface area is 203 Å². The maximum absolute atomic E-state index is 13.8. The molecule has 5 rings (SSSR count). The number of amides is 2. The first-order valence-corrected chi connectivity index (χ1v) is 11.6. The van der Waals surface area contributed by atoms with Gasteiger partial charge in [-0.1, -0.05) is 30.3 Å². The number of para-hydroxylation sites is 2. The van der Waals surface area contributed by atoms with Crippen molar-refractivity contribution in [2.75, 3.05) is 5.32 Å². The average Bonchev–Trinajstić information content (AvgIpc) is 3.50. The number of benzene rings is 2. The molecule has 0 unspecified atom stereocenters. The molecule has 0 spiro atoms. The zero-order valence-electron chi connectivity index (χ0n) is 18.3. The lowest BCUT2D eigenvalue weighted by Gasteiger charge is -2.07. The van der Waals surface area contributed by atoms with Crippen LogP contribution in [0.1, 0.15) is 21.6 Å². The summed E-state index contributed by atoms with van der Waals surface area (Å²) in [4.78, 5) is 37.7. The molecule has 0 radical (unpaired) electrons. The number of imidazole rings is 1. The number of pyridine rings is 1. The third-order valence-corrected chi connectivity index (χ3v) is 6.04. The second-order valence-corrected chi connectivity index (χ2v) is 8.52. The van der Waals surface area contributed by atoms with Gasteiger partial charge in [-0.25, -0.2) is 19.3 Å². The van der Waals surface area contributed by atoms with E-state index in [1.54, 1.807) is 24.0 Å². The Morgan fingerprint density at radius 2 is 1.83 bits per heavy atom. The first kappa shape index (κ1) is 22.4. The van der Waals surface area contributed by atoms with Crippen LogP contribution in [0.3, 0.4) is 0 Å². The molecule has 3 aromatic heterocycles. The molecule has 2 amide bonds. The van der Waals surface area contributed by atoms with E-state index in [1.165, 1.54) is 29.5 Å². The van der Waals surface area contributed by atoms with Crippen molar-refractivity contribution in [1.82, 2.24) is 24.8 Å². The van der Waals surface area contributed by atoms with Crippen molar-refractivity contribution in [3.63, 3.8) is 0 Å². The molecule has 0 fully saturated rings. The quantitative estimate of drug-likeness (QED) is 0.360. The minimum atomic E-state index is -0.609. The van der Waals surface area contributed by atoms with E-state index in [9.17, 15) is 14.0 Å². The molecule has 10 heteroatoms. The third kappa shape index (κ3) is 5.07. The van der Waals surface area contributed by atoms with E-state index in [-0.39, 0.29) is 17.9 Å². The highest BCUT2D eigenvalue weighted by molar-refractivity contribution is 7.14. The van der Waals surface area contributed by atoms with E-state index < -0.39 is 11.7 Å². The predicted molar refractivity (Wildman–Crippen MR) is 131 cm³/mol. The maximum Gasteiger partial charge on any atom is 0.260 e. The van der Waals surface area contributed by atoms with Crippen LogP contribution in [-0.2, 0) is 17.8 Å². The van der Waals surface area contributed by atoms with Crippen LogP contribution in [0.5, 0.6) is 0 Å². The van der Waals surface area contributed by atoms with Gasteiger partial charge in [0.1, 0.15) is 18.0 Å². The van der Waals surface area contributed by atoms with Gasteiger partial charge in [-0.15, -0.1) is 11.3 Å².